The Bertz CT molecular complexity index is 1110. The number of aromatic nitrogens is 1. The van der Waals surface area contributed by atoms with E-state index in [4.69, 9.17) is 4.74 Å². The molecule has 0 aliphatic carbocycles. The Morgan fingerprint density at radius 1 is 1.13 bits per heavy atom. The third-order valence-corrected chi connectivity index (χ3v) is 5.44. The molecule has 0 atom stereocenters. The van der Waals surface area contributed by atoms with E-state index in [0.717, 1.165) is 29.7 Å². The summed E-state index contributed by atoms with van der Waals surface area (Å²) < 4.78 is 5.30. The number of benzene rings is 2. The zero-order valence-corrected chi connectivity index (χ0v) is 18.3. The molecule has 1 aromatic heterocycles. The van der Waals surface area contributed by atoms with Crippen LogP contribution in [0, 0.1) is 0 Å². The number of fused-ring (bicyclic) bond motifs is 3. The largest absolute Gasteiger partial charge is 0.444 e. The number of para-hydroxylation sites is 1. The summed E-state index contributed by atoms with van der Waals surface area (Å²) in [6, 6.07) is 15.9. The number of hydrogen-bond acceptors (Lipinski definition) is 3. The van der Waals surface area contributed by atoms with E-state index in [0.29, 0.717) is 25.1 Å². The number of carbonyl (C=O) groups excluding carboxylic acids is 2. The smallest absolute Gasteiger partial charge is 0.412 e. The number of nitrogens with one attached hydrogen (secondary N) is 2. The van der Waals surface area contributed by atoms with Gasteiger partial charge in [0.05, 0.1) is 6.54 Å². The molecule has 0 fully saturated rings. The molecule has 0 saturated heterocycles. The van der Waals surface area contributed by atoms with Crippen LogP contribution in [-0.2, 0) is 28.9 Å². The van der Waals surface area contributed by atoms with Crippen molar-refractivity contribution in [2.24, 2.45) is 0 Å². The van der Waals surface area contributed by atoms with Gasteiger partial charge in [-0.1, -0.05) is 30.3 Å². The second-order valence-corrected chi connectivity index (χ2v) is 9.02. The fourth-order valence-corrected chi connectivity index (χ4v) is 4.04. The lowest BCUT2D eigenvalue weighted by Crippen LogP contribution is -2.36. The zero-order valence-electron chi connectivity index (χ0n) is 18.3. The maximum atomic E-state index is 12.8. The molecular formula is C25H29N3O3. The highest BCUT2D eigenvalue weighted by molar-refractivity contribution is 5.86. The number of amides is 2. The first-order chi connectivity index (χ1) is 14.8. The van der Waals surface area contributed by atoms with E-state index < -0.39 is 11.7 Å². The number of nitrogens with zero attached hydrogens (tertiary/aromatic N) is 1. The normalized spacial score (nSPS) is 13.7. The van der Waals surface area contributed by atoms with Crippen LogP contribution in [0.3, 0.4) is 0 Å². The van der Waals surface area contributed by atoms with Gasteiger partial charge in [0, 0.05) is 35.2 Å². The van der Waals surface area contributed by atoms with Crippen LogP contribution in [-0.4, -0.2) is 34.0 Å². The fourth-order valence-electron chi connectivity index (χ4n) is 4.04. The molecule has 6 heteroatoms. The minimum Gasteiger partial charge on any atom is -0.444 e. The maximum absolute atomic E-state index is 12.8. The predicted molar refractivity (Wildman–Crippen MR) is 122 cm³/mol. The van der Waals surface area contributed by atoms with E-state index in [1.54, 1.807) is 0 Å². The molecule has 2 N–H and O–H groups in total. The van der Waals surface area contributed by atoms with Gasteiger partial charge in [-0.15, -0.1) is 0 Å². The van der Waals surface area contributed by atoms with Crippen molar-refractivity contribution in [3.05, 3.63) is 65.4 Å². The number of aromatic amines is 1. The van der Waals surface area contributed by atoms with Crippen LogP contribution in [0.4, 0.5) is 10.5 Å². The lowest BCUT2D eigenvalue weighted by Gasteiger charge is -2.27. The van der Waals surface area contributed by atoms with Crippen molar-refractivity contribution in [1.82, 2.24) is 9.88 Å². The van der Waals surface area contributed by atoms with Gasteiger partial charge in [-0.3, -0.25) is 10.1 Å². The molecule has 0 saturated carbocycles. The maximum Gasteiger partial charge on any atom is 0.412 e. The zero-order chi connectivity index (χ0) is 22.0. The van der Waals surface area contributed by atoms with Crippen LogP contribution < -0.4 is 5.32 Å². The van der Waals surface area contributed by atoms with Gasteiger partial charge in [0.25, 0.3) is 0 Å². The van der Waals surface area contributed by atoms with Crippen LogP contribution >= 0.6 is 0 Å². The van der Waals surface area contributed by atoms with E-state index >= 15 is 0 Å². The molecule has 1 aliphatic heterocycles. The SMILES string of the molecule is CC(C)(C)OC(=O)Nc1cccc(CCC(=O)N2CCc3c([nH]c4ccccc34)C2)c1. The highest BCUT2D eigenvalue weighted by Gasteiger charge is 2.23. The average Bonchev–Trinajstić information content (AvgIpc) is 3.08. The second kappa shape index (κ2) is 8.46. The van der Waals surface area contributed by atoms with Gasteiger partial charge < -0.3 is 14.6 Å². The molecule has 0 radical (unpaired) electrons. The number of aryl methyl sites for hydroxylation is 1. The molecule has 2 aromatic carbocycles. The average molecular weight is 420 g/mol. The summed E-state index contributed by atoms with van der Waals surface area (Å²) in [4.78, 5) is 30.2. The van der Waals surface area contributed by atoms with E-state index in [9.17, 15) is 9.59 Å². The summed E-state index contributed by atoms with van der Waals surface area (Å²) in [6.45, 7) is 6.85. The number of ether oxygens (including phenoxy) is 1. The number of anilines is 1. The van der Waals surface area contributed by atoms with Crippen LogP contribution in [0.5, 0.6) is 0 Å². The van der Waals surface area contributed by atoms with Crippen molar-refractivity contribution >= 4 is 28.6 Å². The molecule has 6 nitrogen and oxygen atoms in total. The van der Waals surface area contributed by atoms with Crippen LogP contribution in [0.1, 0.15) is 44.0 Å². The van der Waals surface area contributed by atoms with Gasteiger partial charge >= 0.3 is 6.09 Å². The van der Waals surface area contributed by atoms with Gasteiger partial charge in [0.15, 0.2) is 0 Å². The monoisotopic (exact) mass is 419 g/mol. The first-order valence-corrected chi connectivity index (χ1v) is 10.7. The standard InChI is InChI=1S/C25H29N3O3/c1-25(2,3)31-24(30)26-18-8-6-7-17(15-18)11-12-23(29)28-14-13-20-19-9-4-5-10-21(19)27-22(20)16-28/h4-10,15,27H,11-14,16H2,1-3H3,(H,26,30). The Hall–Kier alpha value is -3.28. The number of rotatable bonds is 4. The van der Waals surface area contributed by atoms with E-state index in [-0.39, 0.29) is 5.91 Å². The molecule has 2 amide bonds. The molecule has 0 bridgehead atoms. The van der Waals surface area contributed by atoms with Crippen molar-refractivity contribution in [3.63, 3.8) is 0 Å². The van der Waals surface area contributed by atoms with Gasteiger partial charge in [0.2, 0.25) is 5.91 Å². The summed E-state index contributed by atoms with van der Waals surface area (Å²) in [6.07, 6.45) is 1.45. The van der Waals surface area contributed by atoms with Gasteiger partial charge in [-0.05, 0) is 62.9 Å². The third kappa shape index (κ3) is 5.08. The van der Waals surface area contributed by atoms with E-state index in [1.807, 2.05) is 56.0 Å². The highest BCUT2D eigenvalue weighted by atomic mass is 16.6. The summed E-state index contributed by atoms with van der Waals surface area (Å²) in [5.41, 5.74) is 4.74. The lowest BCUT2D eigenvalue weighted by molar-refractivity contribution is -0.132. The van der Waals surface area contributed by atoms with Crippen LogP contribution in [0.2, 0.25) is 0 Å². The van der Waals surface area contributed by atoms with Crippen molar-refractivity contribution in [2.45, 2.75) is 52.2 Å². The van der Waals surface area contributed by atoms with E-state index in [2.05, 4.69) is 28.5 Å². The Labute approximate surface area is 182 Å². The molecule has 31 heavy (non-hydrogen) atoms. The molecular weight excluding hydrogens is 390 g/mol. The van der Waals surface area contributed by atoms with Crippen molar-refractivity contribution < 1.29 is 14.3 Å². The quantitative estimate of drug-likeness (QED) is 0.623. The molecule has 0 spiro atoms. The van der Waals surface area contributed by atoms with Gasteiger partial charge in [-0.25, -0.2) is 4.79 Å². The predicted octanol–water partition coefficient (Wildman–Crippen LogP) is 5.03. The molecule has 2 heterocycles. The van der Waals surface area contributed by atoms with Crippen molar-refractivity contribution in [3.8, 4) is 0 Å². The summed E-state index contributed by atoms with van der Waals surface area (Å²) in [5.74, 6) is 0.148. The topological polar surface area (TPSA) is 74.4 Å². The highest BCUT2D eigenvalue weighted by Crippen LogP contribution is 2.27. The molecule has 3 aromatic rings. The molecule has 0 unspecified atom stereocenters. The first kappa shape index (κ1) is 21.0. The fraction of sp³-hybridized carbons (Fsp3) is 0.360. The number of hydrogen-bond donors (Lipinski definition) is 2. The summed E-state index contributed by atoms with van der Waals surface area (Å²) >= 11 is 0. The van der Waals surface area contributed by atoms with Crippen molar-refractivity contribution in [1.29, 1.82) is 0 Å². The lowest BCUT2D eigenvalue weighted by atomic mass is 10.0. The Balaban J connectivity index is 1.34. The summed E-state index contributed by atoms with van der Waals surface area (Å²) in [5, 5.41) is 4.02. The van der Waals surface area contributed by atoms with Crippen LogP contribution in [0.25, 0.3) is 10.9 Å². The summed E-state index contributed by atoms with van der Waals surface area (Å²) in [7, 11) is 0. The Morgan fingerprint density at radius 3 is 2.74 bits per heavy atom. The Morgan fingerprint density at radius 2 is 1.94 bits per heavy atom. The van der Waals surface area contributed by atoms with Gasteiger partial charge in [-0.2, -0.15) is 0 Å². The van der Waals surface area contributed by atoms with E-state index in [1.165, 1.54) is 10.9 Å². The number of carbonyl (C=O) groups is 2. The number of H-pyrrole nitrogens is 1. The minimum absolute atomic E-state index is 0.148. The third-order valence-electron chi connectivity index (χ3n) is 5.44. The molecule has 1 aliphatic rings. The first-order valence-electron chi connectivity index (χ1n) is 10.7. The molecule has 4 rings (SSSR count). The molecule has 162 valence electrons. The minimum atomic E-state index is -0.548. The van der Waals surface area contributed by atoms with Gasteiger partial charge in [0.1, 0.15) is 5.60 Å². The van der Waals surface area contributed by atoms with Crippen LogP contribution in [0.15, 0.2) is 48.5 Å². The Kier molecular flexibility index (Phi) is 5.72. The second-order valence-electron chi connectivity index (χ2n) is 9.02. The van der Waals surface area contributed by atoms with Crippen molar-refractivity contribution in [2.75, 3.05) is 11.9 Å².